The molecule has 3 heteroatoms. The average Bonchev–Trinajstić information content (AvgIpc) is 2.74. The first kappa shape index (κ1) is 10.4. The predicted octanol–water partition coefficient (Wildman–Crippen LogP) is 4.19. The van der Waals surface area contributed by atoms with Gasteiger partial charge in [0.05, 0.1) is 0 Å². The van der Waals surface area contributed by atoms with Gasteiger partial charge in [-0.25, -0.2) is 4.98 Å². The molecular weight excluding hydrogens is 232 g/mol. The summed E-state index contributed by atoms with van der Waals surface area (Å²) in [7, 11) is 0. The third-order valence-electron chi connectivity index (χ3n) is 2.86. The number of rotatable bonds is 1. The van der Waals surface area contributed by atoms with Crippen molar-refractivity contribution < 1.29 is 0 Å². The highest BCUT2D eigenvalue weighted by molar-refractivity contribution is 6.29. The number of benzene rings is 1. The van der Waals surface area contributed by atoms with Gasteiger partial charge in [0.2, 0.25) is 0 Å². The zero-order valence-corrected chi connectivity index (χ0v) is 10.1. The van der Waals surface area contributed by atoms with Gasteiger partial charge in [-0.3, -0.25) is 0 Å². The monoisotopic (exact) mass is 242 g/mol. The Morgan fingerprint density at radius 3 is 2.65 bits per heavy atom. The lowest BCUT2D eigenvalue weighted by atomic mass is 10.1. The van der Waals surface area contributed by atoms with Crippen LogP contribution in [0.4, 0.5) is 0 Å². The fourth-order valence-corrected chi connectivity index (χ4v) is 2.25. The quantitative estimate of drug-likeness (QED) is 0.637. The summed E-state index contributed by atoms with van der Waals surface area (Å²) >= 11 is 5.95. The molecule has 3 aromatic rings. The summed E-state index contributed by atoms with van der Waals surface area (Å²) in [5.41, 5.74) is 4.20. The molecule has 3 rings (SSSR count). The van der Waals surface area contributed by atoms with Crippen LogP contribution in [0.25, 0.3) is 22.3 Å². The zero-order chi connectivity index (χ0) is 11.8. The van der Waals surface area contributed by atoms with E-state index in [4.69, 9.17) is 11.6 Å². The number of aryl methyl sites for hydroxylation is 1. The number of nitrogens with one attached hydrogen (secondary N) is 1. The molecule has 84 valence electrons. The van der Waals surface area contributed by atoms with Crippen molar-refractivity contribution in [1.82, 2.24) is 9.97 Å². The Kier molecular flexibility index (Phi) is 2.37. The second kappa shape index (κ2) is 3.90. The Balaban J connectivity index is 2.24. The van der Waals surface area contributed by atoms with Crippen molar-refractivity contribution in [3.63, 3.8) is 0 Å². The number of nitrogens with zero attached hydrogens (tertiary/aromatic N) is 1. The molecule has 2 nitrogen and oxygen atoms in total. The largest absolute Gasteiger partial charge is 0.339 e. The Labute approximate surface area is 104 Å². The maximum absolute atomic E-state index is 5.95. The maximum atomic E-state index is 5.95. The van der Waals surface area contributed by atoms with Crippen LogP contribution in [-0.4, -0.2) is 9.97 Å². The maximum Gasteiger partial charge on any atom is 0.139 e. The average molecular weight is 243 g/mol. The van der Waals surface area contributed by atoms with Crippen LogP contribution in [0.2, 0.25) is 5.15 Å². The third-order valence-corrected chi connectivity index (χ3v) is 3.05. The number of hydrogen-bond acceptors (Lipinski definition) is 1. The number of aromatic amines is 1. The molecule has 0 saturated heterocycles. The van der Waals surface area contributed by atoms with Gasteiger partial charge in [0.25, 0.3) is 0 Å². The highest BCUT2D eigenvalue weighted by atomic mass is 35.5. The summed E-state index contributed by atoms with van der Waals surface area (Å²) < 4.78 is 0. The molecule has 0 saturated carbocycles. The molecule has 1 N–H and O–H groups in total. The molecule has 0 aliphatic rings. The third kappa shape index (κ3) is 1.81. The van der Waals surface area contributed by atoms with Gasteiger partial charge < -0.3 is 4.98 Å². The van der Waals surface area contributed by atoms with E-state index in [9.17, 15) is 0 Å². The van der Waals surface area contributed by atoms with E-state index in [0.29, 0.717) is 5.15 Å². The number of hydrogen-bond donors (Lipinski definition) is 1. The minimum atomic E-state index is 0.525. The minimum Gasteiger partial charge on any atom is -0.339 e. The van der Waals surface area contributed by atoms with Gasteiger partial charge in [0, 0.05) is 11.1 Å². The van der Waals surface area contributed by atoms with Gasteiger partial charge in [0.1, 0.15) is 10.8 Å². The molecule has 2 heterocycles. The normalized spacial score (nSPS) is 10.9. The summed E-state index contributed by atoms with van der Waals surface area (Å²) in [4.78, 5) is 7.59. The second-order valence-electron chi connectivity index (χ2n) is 4.07. The van der Waals surface area contributed by atoms with Crippen molar-refractivity contribution >= 4 is 22.6 Å². The van der Waals surface area contributed by atoms with Gasteiger partial charge in [-0.2, -0.15) is 0 Å². The highest BCUT2D eigenvalue weighted by Gasteiger charge is 2.07. The molecule has 1 aromatic carbocycles. The molecule has 0 unspecified atom stereocenters. The van der Waals surface area contributed by atoms with Crippen LogP contribution < -0.4 is 0 Å². The van der Waals surface area contributed by atoms with E-state index < -0.39 is 0 Å². The van der Waals surface area contributed by atoms with Crippen molar-refractivity contribution in [1.29, 1.82) is 0 Å². The standard InChI is InChI=1S/C14H11ClN2/c1-9-7-13(15)17-14-11(9)8-12(16-14)10-5-3-2-4-6-10/h2-8H,1H3,(H,16,17). The molecule has 0 aliphatic heterocycles. The molecule has 0 aliphatic carbocycles. The lowest BCUT2D eigenvalue weighted by molar-refractivity contribution is 1.31. The first-order chi connectivity index (χ1) is 8.24. The topological polar surface area (TPSA) is 28.7 Å². The van der Waals surface area contributed by atoms with Crippen LogP contribution in [-0.2, 0) is 0 Å². The van der Waals surface area contributed by atoms with E-state index in [1.54, 1.807) is 0 Å². The van der Waals surface area contributed by atoms with E-state index in [0.717, 1.165) is 27.9 Å². The molecule has 0 bridgehead atoms. The van der Waals surface area contributed by atoms with E-state index in [1.165, 1.54) is 0 Å². The molecule has 0 atom stereocenters. The SMILES string of the molecule is Cc1cc(Cl)nc2[nH]c(-c3ccccc3)cc12. The Hall–Kier alpha value is -1.80. The summed E-state index contributed by atoms with van der Waals surface area (Å²) in [6.07, 6.45) is 0. The summed E-state index contributed by atoms with van der Waals surface area (Å²) in [6.45, 7) is 2.04. The second-order valence-corrected chi connectivity index (χ2v) is 4.46. The lowest BCUT2D eigenvalue weighted by Crippen LogP contribution is -1.81. The summed E-state index contributed by atoms with van der Waals surface area (Å²) in [5, 5.41) is 1.64. The van der Waals surface area contributed by atoms with E-state index in [1.807, 2.05) is 31.2 Å². The Bertz CT molecular complexity index is 671. The van der Waals surface area contributed by atoms with Crippen LogP contribution in [0, 0.1) is 6.92 Å². The van der Waals surface area contributed by atoms with Crippen molar-refractivity contribution in [3.8, 4) is 11.3 Å². The van der Waals surface area contributed by atoms with E-state index in [2.05, 4.69) is 28.2 Å². The number of halogens is 1. The van der Waals surface area contributed by atoms with Gasteiger partial charge in [-0.1, -0.05) is 41.9 Å². The van der Waals surface area contributed by atoms with Crippen LogP contribution in [0.15, 0.2) is 42.5 Å². The molecule has 0 fully saturated rings. The number of pyridine rings is 1. The molecule has 17 heavy (non-hydrogen) atoms. The van der Waals surface area contributed by atoms with E-state index >= 15 is 0 Å². The van der Waals surface area contributed by atoms with Crippen LogP contribution >= 0.6 is 11.6 Å². The highest BCUT2D eigenvalue weighted by Crippen LogP contribution is 2.26. The van der Waals surface area contributed by atoms with E-state index in [-0.39, 0.29) is 0 Å². The smallest absolute Gasteiger partial charge is 0.139 e. The first-order valence-electron chi connectivity index (χ1n) is 5.45. The number of aromatic nitrogens is 2. The van der Waals surface area contributed by atoms with Crippen molar-refractivity contribution in [3.05, 3.63) is 53.2 Å². The van der Waals surface area contributed by atoms with Crippen LogP contribution in [0.5, 0.6) is 0 Å². The molecule has 2 aromatic heterocycles. The van der Waals surface area contributed by atoms with Crippen molar-refractivity contribution in [2.45, 2.75) is 6.92 Å². The molecule has 0 spiro atoms. The fourth-order valence-electron chi connectivity index (χ4n) is 2.00. The molecule has 0 radical (unpaired) electrons. The number of H-pyrrole nitrogens is 1. The zero-order valence-electron chi connectivity index (χ0n) is 9.37. The predicted molar refractivity (Wildman–Crippen MR) is 71.3 cm³/mol. The van der Waals surface area contributed by atoms with Crippen LogP contribution in [0.3, 0.4) is 0 Å². The van der Waals surface area contributed by atoms with Crippen LogP contribution in [0.1, 0.15) is 5.56 Å². The lowest BCUT2D eigenvalue weighted by Gasteiger charge is -1.95. The van der Waals surface area contributed by atoms with Crippen molar-refractivity contribution in [2.24, 2.45) is 0 Å². The summed E-state index contributed by atoms with van der Waals surface area (Å²) in [6, 6.07) is 14.2. The van der Waals surface area contributed by atoms with Gasteiger partial charge in [-0.15, -0.1) is 0 Å². The van der Waals surface area contributed by atoms with Gasteiger partial charge in [0.15, 0.2) is 0 Å². The van der Waals surface area contributed by atoms with Crippen molar-refractivity contribution in [2.75, 3.05) is 0 Å². The first-order valence-corrected chi connectivity index (χ1v) is 5.83. The number of fused-ring (bicyclic) bond motifs is 1. The molecular formula is C14H11ClN2. The Morgan fingerprint density at radius 1 is 1.12 bits per heavy atom. The fraction of sp³-hybridized carbons (Fsp3) is 0.0714. The minimum absolute atomic E-state index is 0.525. The van der Waals surface area contributed by atoms with Gasteiger partial charge in [-0.05, 0) is 30.2 Å². The van der Waals surface area contributed by atoms with Gasteiger partial charge >= 0.3 is 0 Å². The Morgan fingerprint density at radius 2 is 1.88 bits per heavy atom. The molecule has 0 amide bonds. The summed E-state index contributed by atoms with van der Waals surface area (Å²) in [5.74, 6) is 0.